The fourth-order valence-corrected chi connectivity index (χ4v) is 2.74. The normalized spacial score (nSPS) is 18.5. The van der Waals surface area contributed by atoms with Gasteiger partial charge in [0.25, 0.3) is 0 Å². The van der Waals surface area contributed by atoms with Gasteiger partial charge in [-0.3, -0.25) is 4.90 Å². The van der Waals surface area contributed by atoms with Crippen LogP contribution in [0.1, 0.15) is 38.8 Å². The number of hydrogen-bond donors (Lipinski definition) is 1. The van der Waals surface area contributed by atoms with Gasteiger partial charge in [0.1, 0.15) is 5.75 Å². The summed E-state index contributed by atoms with van der Waals surface area (Å²) >= 11 is 0. The minimum Gasteiger partial charge on any atom is -0.491 e. The molecule has 1 aromatic rings. The summed E-state index contributed by atoms with van der Waals surface area (Å²) in [6.45, 7) is 10.9. The summed E-state index contributed by atoms with van der Waals surface area (Å²) in [4.78, 5) is 2.58. The number of benzene rings is 1. The van der Waals surface area contributed by atoms with E-state index in [-0.39, 0.29) is 6.10 Å². The van der Waals surface area contributed by atoms with Gasteiger partial charge >= 0.3 is 0 Å². The van der Waals surface area contributed by atoms with E-state index >= 15 is 0 Å². The molecule has 3 nitrogen and oxygen atoms in total. The van der Waals surface area contributed by atoms with Gasteiger partial charge in [0, 0.05) is 32.2 Å². The molecule has 0 aromatic heterocycles. The summed E-state index contributed by atoms with van der Waals surface area (Å²) in [7, 11) is 0. The quantitative estimate of drug-likeness (QED) is 0.883. The summed E-state index contributed by atoms with van der Waals surface area (Å²) in [6, 6.07) is 9.16. The lowest BCUT2D eigenvalue weighted by atomic mass is 10.0. The van der Waals surface area contributed by atoms with Crippen LogP contribution in [-0.4, -0.2) is 37.2 Å². The maximum atomic E-state index is 5.70. The Hall–Kier alpha value is -1.06. The third-order valence-corrected chi connectivity index (χ3v) is 3.62. The minimum absolute atomic E-state index is 0.237. The molecule has 1 saturated heterocycles. The molecule has 1 aliphatic rings. The third kappa shape index (κ3) is 3.95. The molecular weight excluding hydrogens is 236 g/mol. The van der Waals surface area contributed by atoms with Crippen molar-refractivity contribution in [2.24, 2.45) is 0 Å². The van der Waals surface area contributed by atoms with Gasteiger partial charge in [-0.1, -0.05) is 19.1 Å². The van der Waals surface area contributed by atoms with Gasteiger partial charge in [-0.05, 0) is 38.0 Å². The molecule has 1 N–H and O–H groups in total. The Morgan fingerprint density at radius 1 is 1.16 bits per heavy atom. The molecule has 1 aliphatic heterocycles. The fourth-order valence-electron chi connectivity index (χ4n) is 2.74. The van der Waals surface area contributed by atoms with Crippen LogP contribution in [-0.2, 0) is 0 Å². The van der Waals surface area contributed by atoms with Crippen LogP contribution in [0.3, 0.4) is 0 Å². The van der Waals surface area contributed by atoms with E-state index in [9.17, 15) is 0 Å². The van der Waals surface area contributed by atoms with Crippen molar-refractivity contribution in [3.05, 3.63) is 29.8 Å². The lowest BCUT2D eigenvalue weighted by molar-refractivity contribution is 0.169. The molecule has 0 unspecified atom stereocenters. The summed E-state index contributed by atoms with van der Waals surface area (Å²) in [5.74, 6) is 0.967. The SMILES string of the molecule is CC[C@H](c1ccc(OC(C)C)cc1)N1CCNCC1. The number of piperazine rings is 1. The van der Waals surface area contributed by atoms with Crippen molar-refractivity contribution in [3.63, 3.8) is 0 Å². The van der Waals surface area contributed by atoms with Crippen molar-refractivity contribution in [1.29, 1.82) is 0 Å². The van der Waals surface area contributed by atoms with Crippen molar-refractivity contribution in [2.45, 2.75) is 39.3 Å². The van der Waals surface area contributed by atoms with E-state index in [4.69, 9.17) is 4.74 Å². The first-order valence-electron chi connectivity index (χ1n) is 7.42. The first-order chi connectivity index (χ1) is 9.20. The zero-order valence-corrected chi connectivity index (χ0v) is 12.4. The van der Waals surface area contributed by atoms with Crippen LogP contribution in [0.15, 0.2) is 24.3 Å². The van der Waals surface area contributed by atoms with Gasteiger partial charge in [-0.15, -0.1) is 0 Å². The molecule has 3 heteroatoms. The molecule has 2 rings (SSSR count). The largest absolute Gasteiger partial charge is 0.491 e. The van der Waals surface area contributed by atoms with Gasteiger partial charge in [0.05, 0.1) is 6.10 Å². The average Bonchev–Trinajstić information content (AvgIpc) is 2.42. The lowest BCUT2D eigenvalue weighted by Crippen LogP contribution is -2.45. The molecule has 1 aromatic carbocycles. The van der Waals surface area contributed by atoms with Crippen molar-refractivity contribution < 1.29 is 4.74 Å². The number of nitrogens with zero attached hydrogens (tertiary/aromatic N) is 1. The van der Waals surface area contributed by atoms with Crippen LogP contribution in [0, 0.1) is 0 Å². The number of hydrogen-bond acceptors (Lipinski definition) is 3. The summed E-state index contributed by atoms with van der Waals surface area (Å²) in [5, 5.41) is 3.41. The predicted molar refractivity (Wildman–Crippen MR) is 79.7 cm³/mol. The van der Waals surface area contributed by atoms with Crippen LogP contribution < -0.4 is 10.1 Å². The lowest BCUT2D eigenvalue weighted by Gasteiger charge is -2.34. The van der Waals surface area contributed by atoms with Crippen molar-refractivity contribution in [2.75, 3.05) is 26.2 Å². The van der Waals surface area contributed by atoms with Crippen molar-refractivity contribution in [1.82, 2.24) is 10.2 Å². The van der Waals surface area contributed by atoms with Gasteiger partial charge in [0.2, 0.25) is 0 Å². The topological polar surface area (TPSA) is 24.5 Å². The Bertz CT molecular complexity index is 369. The third-order valence-electron chi connectivity index (χ3n) is 3.62. The Balaban J connectivity index is 2.05. The highest BCUT2D eigenvalue weighted by Gasteiger charge is 2.20. The summed E-state index contributed by atoms with van der Waals surface area (Å²) in [6.07, 6.45) is 1.39. The Kier molecular flexibility index (Phi) is 5.23. The molecule has 106 valence electrons. The first-order valence-corrected chi connectivity index (χ1v) is 7.42. The summed E-state index contributed by atoms with van der Waals surface area (Å²) < 4.78 is 5.70. The second kappa shape index (κ2) is 6.92. The molecular formula is C16H26N2O. The molecule has 0 radical (unpaired) electrons. The molecule has 0 aliphatic carbocycles. The molecule has 0 saturated carbocycles. The zero-order valence-electron chi connectivity index (χ0n) is 12.4. The monoisotopic (exact) mass is 262 g/mol. The number of nitrogens with one attached hydrogen (secondary N) is 1. The predicted octanol–water partition coefficient (Wildman–Crippen LogP) is 2.83. The Morgan fingerprint density at radius 2 is 1.79 bits per heavy atom. The Labute approximate surface area is 116 Å². The number of rotatable bonds is 5. The Morgan fingerprint density at radius 3 is 2.32 bits per heavy atom. The summed E-state index contributed by atoms with van der Waals surface area (Å²) in [5.41, 5.74) is 1.40. The average molecular weight is 262 g/mol. The van der Waals surface area contributed by atoms with Crippen LogP contribution in [0.4, 0.5) is 0 Å². The van der Waals surface area contributed by atoms with Crippen molar-refractivity contribution >= 4 is 0 Å². The number of ether oxygens (including phenoxy) is 1. The van der Waals surface area contributed by atoms with E-state index < -0.39 is 0 Å². The highest BCUT2D eigenvalue weighted by atomic mass is 16.5. The highest BCUT2D eigenvalue weighted by molar-refractivity contribution is 5.29. The molecule has 0 bridgehead atoms. The zero-order chi connectivity index (χ0) is 13.7. The van der Waals surface area contributed by atoms with Crippen LogP contribution in [0.2, 0.25) is 0 Å². The van der Waals surface area contributed by atoms with Gasteiger partial charge in [-0.25, -0.2) is 0 Å². The molecule has 1 fully saturated rings. The standard InChI is InChI=1S/C16H26N2O/c1-4-16(18-11-9-17-10-12-18)14-5-7-15(8-6-14)19-13(2)3/h5-8,13,16-17H,4,9-12H2,1-3H3/t16-/m1/s1. The highest BCUT2D eigenvalue weighted by Crippen LogP contribution is 2.26. The first kappa shape index (κ1) is 14.4. The van der Waals surface area contributed by atoms with Crippen molar-refractivity contribution in [3.8, 4) is 5.75 Å². The maximum absolute atomic E-state index is 5.70. The molecule has 19 heavy (non-hydrogen) atoms. The minimum atomic E-state index is 0.237. The van der Waals surface area contributed by atoms with Gasteiger partial charge in [0.15, 0.2) is 0 Å². The van der Waals surface area contributed by atoms with E-state index in [1.165, 1.54) is 5.56 Å². The molecule has 1 atom stereocenters. The fraction of sp³-hybridized carbons (Fsp3) is 0.625. The van der Waals surface area contributed by atoms with E-state index in [1.54, 1.807) is 0 Å². The maximum Gasteiger partial charge on any atom is 0.119 e. The van der Waals surface area contributed by atoms with Gasteiger partial charge in [-0.2, -0.15) is 0 Å². The molecule has 0 spiro atoms. The second-order valence-electron chi connectivity index (χ2n) is 5.45. The van der Waals surface area contributed by atoms with E-state index in [0.717, 1.165) is 38.3 Å². The van der Waals surface area contributed by atoms with Crippen LogP contribution in [0.25, 0.3) is 0 Å². The van der Waals surface area contributed by atoms with E-state index in [2.05, 4.69) is 55.3 Å². The molecule has 1 heterocycles. The van der Waals surface area contributed by atoms with Crippen LogP contribution >= 0.6 is 0 Å². The van der Waals surface area contributed by atoms with E-state index in [0.29, 0.717) is 6.04 Å². The smallest absolute Gasteiger partial charge is 0.119 e. The van der Waals surface area contributed by atoms with E-state index in [1.807, 2.05) is 0 Å². The van der Waals surface area contributed by atoms with Crippen LogP contribution in [0.5, 0.6) is 5.75 Å². The van der Waals surface area contributed by atoms with Gasteiger partial charge < -0.3 is 10.1 Å². The molecule has 0 amide bonds. The second-order valence-corrected chi connectivity index (χ2v) is 5.45.